The van der Waals surface area contributed by atoms with Crippen LogP contribution >= 0.6 is 11.6 Å². The zero-order valence-electron chi connectivity index (χ0n) is 13.6. The molecule has 3 rings (SSSR count). The van der Waals surface area contributed by atoms with E-state index in [-0.39, 0.29) is 0 Å². The minimum absolute atomic E-state index is 0.523. The summed E-state index contributed by atoms with van der Waals surface area (Å²) < 4.78 is 0. The standard InChI is InChI=1S/C18H20ClN3O2/c1-2-14-11-16(22-9-4-3-8-15(22)18(23)24)21-17(20-14)12-6-5-7-13(19)10-12/h5-7,10-11,15H,2-4,8-9H2,1H3,(H,23,24). The number of aromatic nitrogens is 2. The highest BCUT2D eigenvalue weighted by Gasteiger charge is 2.30. The molecule has 5 nitrogen and oxygen atoms in total. The molecule has 1 aliphatic rings. The number of benzene rings is 1. The fourth-order valence-corrected chi connectivity index (χ4v) is 3.22. The third-order valence-corrected chi connectivity index (χ3v) is 4.53. The second-order valence-electron chi connectivity index (χ2n) is 5.95. The summed E-state index contributed by atoms with van der Waals surface area (Å²) in [5.74, 6) is 0.473. The van der Waals surface area contributed by atoms with Crippen LogP contribution in [0.3, 0.4) is 0 Å². The summed E-state index contributed by atoms with van der Waals surface area (Å²) in [6.45, 7) is 2.73. The number of aliphatic carboxylic acids is 1. The first-order chi connectivity index (χ1) is 11.6. The summed E-state index contributed by atoms with van der Waals surface area (Å²) in [6, 6.07) is 8.78. The lowest BCUT2D eigenvalue weighted by atomic mass is 10.0. The van der Waals surface area contributed by atoms with Gasteiger partial charge in [0.25, 0.3) is 0 Å². The number of anilines is 1. The molecule has 24 heavy (non-hydrogen) atoms. The van der Waals surface area contributed by atoms with E-state index < -0.39 is 12.0 Å². The van der Waals surface area contributed by atoms with Gasteiger partial charge < -0.3 is 10.0 Å². The highest BCUT2D eigenvalue weighted by molar-refractivity contribution is 6.30. The van der Waals surface area contributed by atoms with Gasteiger partial charge in [0.1, 0.15) is 11.9 Å². The Bertz CT molecular complexity index is 751. The molecule has 1 saturated heterocycles. The van der Waals surface area contributed by atoms with Gasteiger partial charge in [-0.3, -0.25) is 0 Å². The SMILES string of the molecule is CCc1cc(N2CCCCC2C(=O)O)nc(-c2cccc(Cl)c2)n1. The van der Waals surface area contributed by atoms with E-state index >= 15 is 0 Å². The lowest BCUT2D eigenvalue weighted by Gasteiger charge is -2.34. The normalized spacial score (nSPS) is 17.8. The number of carboxylic acid groups (broad SMARTS) is 1. The molecule has 0 amide bonds. The molecule has 6 heteroatoms. The Morgan fingerprint density at radius 1 is 1.33 bits per heavy atom. The minimum Gasteiger partial charge on any atom is -0.480 e. The van der Waals surface area contributed by atoms with E-state index in [2.05, 4.69) is 9.97 Å². The molecule has 2 aromatic rings. The van der Waals surface area contributed by atoms with Crippen molar-refractivity contribution in [3.63, 3.8) is 0 Å². The van der Waals surface area contributed by atoms with Crippen molar-refractivity contribution >= 4 is 23.4 Å². The van der Waals surface area contributed by atoms with Gasteiger partial charge in [-0.05, 0) is 37.8 Å². The van der Waals surface area contributed by atoms with Crippen molar-refractivity contribution in [1.29, 1.82) is 0 Å². The quantitative estimate of drug-likeness (QED) is 0.912. The summed E-state index contributed by atoms with van der Waals surface area (Å²) in [5.41, 5.74) is 1.73. The number of rotatable bonds is 4. The topological polar surface area (TPSA) is 66.3 Å². The summed E-state index contributed by atoms with van der Waals surface area (Å²) in [4.78, 5) is 22.7. The van der Waals surface area contributed by atoms with Crippen LogP contribution in [0.4, 0.5) is 5.82 Å². The molecule has 1 fully saturated rings. The molecule has 2 heterocycles. The maximum atomic E-state index is 11.6. The van der Waals surface area contributed by atoms with Gasteiger partial charge in [-0.2, -0.15) is 0 Å². The molecule has 1 atom stereocenters. The van der Waals surface area contributed by atoms with Gasteiger partial charge in [0.15, 0.2) is 5.82 Å². The van der Waals surface area contributed by atoms with Crippen molar-refractivity contribution in [1.82, 2.24) is 9.97 Å². The molecule has 1 aliphatic heterocycles. The number of halogens is 1. The summed E-state index contributed by atoms with van der Waals surface area (Å²) in [7, 11) is 0. The van der Waals surface area contributed by atoms with Crippen LogP contribution < -0.4 is 4.90 Å². The molecule has 0 bridgehead atoms. The largest absolute Gasteiger partial charge is 0.480 e. The van der Waals surface area contributed by atoms with Gasteiger partial charge in [-0.25, -0.2) is 14.8 Å². The van der Waals surface area contributed by atoms with Crippen molar-refractivity contribution in [3.05, 3.63) is 41.0 Å². The maximum absolute atomic E-state index is 11.6. The smallest absolute Gasteiger partial charge is 0.326 e. The van der Waals surface area contributed by atoms with Crippen LogP contribution in [0.2, 0.25) is 5.02 Å². The van der Waals surface area contributed by atoms with E-state index in [4.69, 9.17) is 11.6 Å². The number of carbonyl (C=O) groups is 1. The zero-order chi connectivity index (χ0) is 17.1. The second-order valence-corrected chi connectivity index (χ2v) is 6.38. The van der Waals surface area contributed by atoms with Crippen molar-refractivity contribution in [2.45, 2.75) is 38.6 Å². The molecule has 1 aromatic heterocycles. The monoisotopic (exact) mass is 345 g/mol. The second kappa shape index (κ2) is 7.18. The first-order valence-corrected chi connectivity index (χ1v) is 8.59. The summed E-state index contributed by atoms with van der Waals surface area (Å²) >= 11 is 6.08. The van der Waals surface area contributed by atoms with Crippen LogP contribution in [0, 0.1) is 0 Å². The Labute approximate surface area is 146 Å². The molecule has 1 N–H and O–H groups in total. The van der Waals surface area contributed by atoms with Crippen LogP contribution in [-0.4, -0.2) is 33.6 Å². The molecule has 0 spiro atoms. The van der Waals surface area contributed by atoms with E-state index in [9.17, 15) is 9.90 Å². The average Bonchev–Trinajstić information content (AvgIpc) is 2.61. The van der Waals surface area contributed by atoms with Gasteiger partial charge in [-0.1, -0.05) is 30.7 Å². The Balaban J connectivity index is 2.04. The third kappa shape index (κ3) is 3.51. The number of hydrogen-bond acceptors (Lipinski definition) is 4. The average molecular weight is 346 g/mol. The molecule has 1 aromatic carbocycles. The lowest BCUT2D eigenvalue weighted by molar-refractivity contribution is -0.139. The van der Waals surface area contributed by atoms with Gasteiger partial charge in [0.2, 0.25) is 0 Å². The van der Waals surface area contributed by atoms with Gasteiger partial charge in [0.05, 0.1) is 0 Å². The van der Waals surface area contributed by atoms with Crippen LogP contribution in [0.1, 0.15) is 31.9 Å². The predicted octanol–water partition coefficient (Wildman–Crippen LogP) is 3.80. The van der Waals surface area contributed by atoms with Crippen LogP contribution in [0.25, 0.3) is 11.4 Å². The Morgan fingerprint density at radius 3 is 2.88 bits per heavy atom. The Hall–Kier alpha value is -2.14. The minimum atomic E-state index is -0.796. The number of carboxylic acids is 1. The van der Waals surface area contributed by atoms with E-state index in [0.29, 0.717) is 29.6 Å². The van der Waals surface area contributed by atoms with Crippen molar-refractivity contribution in [2.75, 3.05) is 11.4 Å². The van der Waals surface area contributed by atoms with E-state index in [1.807, 2.05) is 36.1 Å². The fraction of sp³-hybridized carbons (Fsp3) is 0.389. The first kappa shape index (κ1) is 16.7. The number of nitrogens with zero attached hydrogens (tertiary/aromatic N) is 3. The van der Waals surface area contributed by atoms with E-state index in [0.717, 1.165) is 30.5 Å². The number of hydrogen-bond donors (Lipinski definition) is 1. The van der Waals surface area contributed by atoms with Crippen molar-refractivity contribution < 1.29 is 9.90 Å². The van der Waals surface area contributed by atoms with E-state index in [1.165, 1.54) is 0 Å². The number of piperidine rings is 1. The van der Waals surface area contributed by atoms with Crippen molar-refractivity contribution in [2.24, 2.45) is 0 Å². The van der Waals surface area contributed by atoms with Crippen molar-refractivity contribution in [3.8, 4) is 11.4 Å². The van der Waals surface area contributed by atoms with Gasteiger partial charge in [0, 0.05) is 28.9 Å². The lowest BCUT2D eigenvalue weighted by Crippen LogP contribution is -2.45. The zero-order valence-corrected chi connectivity index (χ0v) is 14.3. The predicted molar refractivity (Wildman–Crippen MR) is 94.5 cm³/mol. The molecule has 0 aliphatic carbocycles. The maximum Gasteiger partial charge on any atom is 0.326 e. The fourth-order valence-electron chi connectivity index (χ4n) is 3.03. The first-order valence-electron chi connectivity index (χ1n) is 8.22. The van der Waals surface area contributed by atoms with E-state index in [1.54, 1.807) is 6.07 Å². The number of aryl methyl sites for hydroxylation is 1. The third-order valence-electron chi connectivity index (χ3n) is 4.29. The highest BCUT2D eigenvalue weighted by atomic mass is 35.5. The molecule has 1 unspecified atom stereocenters. The molecule has 0 radical (unpaired) electrons. The molecule has 0 saturated carbocycles. The van der Waals surface area contributed by atoms with Gasteiger partial charge in [-0.15, -0.1) is 0 Å². The molecular weight excluding hydrogens is 326 g/mol. The Morgan fingerprint density at radius 2 is 2.17 bits per heavy atom. The van der Waals surface area contributed by atoms with Crippen LogP contribution in [0.15, 0.2) is 30.3 Å². The van der Waals surface area contributed by atoms with Crippen LogP contribution in [0.5, 0.6) is 0 Å². The summed E-state index contributed by atoms with van der Waals surface area (Å²) in [5, 5.41) is 10.1. The van der Waals surface area contributed by atoms with Gasteiger partial charge >= 0.3 is 5.97 Å². The summed E-state index contributed by atoms with van der Waals surface area (Å²) in [6.07, 6.45) is 3.31. The Kier molecular flexibility index (Phi) is 5.00. The molecule has 126 valence electrons. The molecular formula is C18H20ClN3O2. The van der Waals surface area contributed by atoms with Crippen LogP contribution in [-0.2, 0) is 11.2 Å². The highest BCUT2D eigenvalue weighted by Crippen LogP contribution is 2.27.